The molecule has 0 spiro atoms. The molecule has 0 N–H and O–H groups in total. The van der Waals surface area contributed by atoms with Crippen LogP contribution in [0.4, 0.5) is 0 Å². The van der Waals surface area contributed by atoms with E-state index < -0.39 is 0 Å². The summed E-state index contributed by atoms with van der Waals surface area (Å²) < 4.78 is 0. The number of halogens is 1. The zero-order chi connectivity index (χ0) is 15.7. The molecule has 0 aromatic heterocycles. The fourth-order valence-electron chi connectivity index (χ4n) is 2.07. The molecule has 0 heterocycles. The number of thioether (sulfide) groups is 1. The van der Waals surface area contributed by atoms with Crippen LogP contribution in [0.2, 0.25) is 0 Å². The number of carbonyl (C=O) groups excluding carboxylic acids is 1. The molecule has 0 fully saturated rings. The minimum absolute atomic E-state index is 0.233. The normalized spacial score (nSPS) is 14.3. The maximum atomic E-state index is 11.2. The number of allylic oxidation sites excluding steroid dienone is 2. The summed E-state index contributed by atoms with van der Waals surface area (Å²) in [4.78, 5) is 12.5. The van der Waals surface area contributed by atoms with Crippen molar-refractivity contribution in [2.75, 3.05) is 0 Å². The Morgan fingerprint density at radius 2 is 1.95 bits per heavy atom. The van der Waals surface area contributed by atoms with Crippen molar-refractivity contribution in [1.29, 1.82) is 0 Å². The van der Waals surface area contributed by atoms with Gasteiger partial charge in [0.1, 0.15) is 0 Å². The van der Waals surface area contributed by atoms with Crippen molar-refractivity contribution >= 4 is 28.6 Å². The van der Waals surface area contributed by atoms with E-state index in [2.05, 4.69) is 44.0 Å². The Hall–Kier alpha value is -0.990. The number of hydrogen-bond acceptors (Lipinski definition) is 2. The maximum Gasteiger partial charge on any atom is 0.228 e. The van der Waals surface area contributed by atoms with Crippen molar-refractivity contribution in [3.8, 4) is 0 Å². The maximum absolute atomic E-state index is 11.2. The Labute approximate surface area is 137 Å². The Bertz CT molecular complexity index is 467. The molecule has 1 unspecified atom stereocenters. The highest BCUT2D eigenvalue weighted by Crippen LogP contribution is 2.26. The van der Waals surface area contributed by atoms with Gasteiger partial charge in [0.05, 0.1) is 5.92 Å². The van der Waals surface area contributed by atoms with E-state index in [9.17, 15) is 4.79 Å². The van der Waals surface area contributed by atoms with Gasteiger partial charge in [-0.15, -0.1) is 6.58 Å². The van der Waals surface area contributed by atoms with E-state index in [1.54, 1.807) is 17.8 Å². The number of hydrogen-bond donors (Lipinski definition) is 0. The summed E-state index contributed by atoms with van der Waals surface area (Å²) in [7, 11) is 0. The van der Waals surface area contributed by atoms with E-state index >= 15 is 0 Å². The molecule has 3 heteroatoms. The summed E-state index contributed by atoms with van der Waals surface area (Å²) in [5.41, 5.74) is 0. The van der Waals surface area contributed by atoms with Gasteiger partial charge in [-0.3, -0.25) is 4.79 Å². The van der Waals surface area contributed by atoms with Crippen LogP contribution in [-0.4, -0.2) is 5.24 Å². The third kappa shape index (κ3) is 7.01. The van der Waals surface area contributed by atoms with Gasteiger partial charge < -0.3 is 0 Å². The molecule has 21 heavy (non-hydrogen) atoms. The molecular weight excluding hydrogens is 300 g/mol. The lowest BCUT2D eigenvalue weighted by molar-refractivity contribution is -0.114. The van der Waals surface area contributed by atoms with Crippen LogP contribution < -0.4 is 0 Å². The molecule has 114 valence electrons. The number of rotatable bonds is 9. The Morgan fingerprint density at radius 1 is 1.29 bits per heavy atom. The van der Waals surface area contributed by atoms with Crippen LogP contribution in [0.5, 0.6) is 0 Å². The van der Waals surface area contributed by atoms with Crippen molar-refractivity contribution in [2.45, 2.75) is 31.6 Å². The van der Waals surface area contributed by atoms with Crippen LogP contribution in [0.25, 0.3) is 0 Å². The summed E-state index contributed by atoms with van der Waals surface area (Å²) in [5, 5.41) is 1.83. The minimum Gasteiger partial charge on any atom is -0.281 e. The van der Waals surface area contributed by atoms with E-state index in [1.165, 1.54) is 4.90 Å². The third-order valence-electron chi connectivity index (χ3n) is 3.52. The molecule has 0 radical (unpaired) electrons. The van der Waals surface area contributed by atoms with Crippen molar-refractivity contribution < 1.29 is 4.79 Å². The SMILES string of the molecule is C=CC(CC[C@@H](/C=C/Sc1ccccc1)C(C)C)C(=O)Cl. The molecule has 0 saturated heterocycles. The molecule has 1 aromatic carbocycles. The van der Waals surface area contributed by atoms with Gasteiger partial charge in [-0.25, -0.2) is 0 Å². The monoisotopic (exact) mass is 322 g/mol. The van der Waals surface area contributed by atoms with E-state index in [4.69, 9.17) is 11.6 Å². The van der Waals surface area contributed by atoms with Crippen LogP contribution >= 0.6 is 23.4 Å². The van der Waals surface area contributed by atoms with Gasteiger partial charge in [0, 0.05) is 4.90 Å². The van der Waals surface area contributed by atoms with E-state index in [0.717, 1.165) is 12.8 Å². The quantitative estimate of drug-likeness (QED) is 0.319. The van der Waals surface area contributed by atoms with Crippen LogP contribution in [0.15, 0.2) is 59.4 Å². The molecule has 1 rings (SSSR count). The largest absolute Gasteiger partial charge is 0.281 e. The predicted octanol–water partition coefficient (Wildman–Crippen LogP) is 5.91. The van der Waals surface area contributed by atoms with Gasteiger partial charge in [0.2, 0.25) is 5.24 Å². The molecule has 0 aliphatic heterocycles. The van der Waals surface area contributed by atoms with Crippen LogP contribution in [0.3, 0.4) is 0 Å². The van der Waals surface area contributed by atoms with Crippen molar-refractivity contribution in [3.05, 3.63) is 54.5 Å². The molecule has 0 amide bonds. The smallest absolute Gasteiger partial charge is 0.228 e. The van der Waals surface area contributed by atoms with Crippen LogP contribution in [0, 0.1) is 17.8 Å². The molecule has 1 aromatic rings. The Balaban J connectivity index is 2.53. The lowest BCUT2D eigenvalue weighted by atomic mass is 9.88. The summed E-state index contributed by atoms with van der Waals surface area (Å²) in [6, 6.07) is 10.3. The third-order valence-corrected chi connectivity index (χ3v) is 4.63. The highest BCUT2D eigenvalue weighted by molar-refractivity contribution is 8.02. The average Bonchev–Trinajstić information content (AvgIpc) is 2.46. The van der Waals surface area contributed by atoms with E-state index in [-0.39, 0.29) is 11.2 Å². The lowest BCUT2D eigenvalue weighted by Crippen LogP contribution is -2.11. The Morgan fingerprint density at radius 3 is 2.48 bits per heavy atom. The van der Waals surface area contributed by atoms with Gasteiger partial charge in [-0.1, -0.05) is 56.0 Å². The number of benzene rings is 1. The zero-order valence-electron chi connectivity index (χ0n) is 12.7. The fraction of sp³-hybridized carbons (Fsp3) is 0.389. The van der Waals surface area contributed by atoms with Crippen molar-refractivity contribution in [3.63, 3.8) is 0 Å². The minimum atomic E-state index is -0.310. The average molecular weight is 323 g/mol. The molecule has 0 saturated carbocycles. The summed E-state index contributed by atoms with van der Waals surface area (Å²) in [6.07, 6.45) is 5.59. The molecule has 2 atom stereocenters. The lowest BCUT2D eigenvalue weighted by Gasteiger charge is -2.18. The summed E-state index contributed by atoms with van der Waals surface area (Å²) >= 11 is 7.28. The number of carbonyl (C=O) groups is 1. The first kappa shape index (κ1) is 18.1. The molecule has 0 bridgehead atoms. The molecule has 0 aliphatic carbocycles. The highest BCUT2D eigenvalue weighted by Gasteiger charge is 2.16. The van der Waals surface area contributed by atoms with Crippen LogP contribution in [0.1, 0.15) is 26.7 Å². The van der Waals surface area contributed by atoms with Crippen molar-refractivity contribution in [2.24, 2.45) is 17.8 Å². The topological polar surface area (TPSA) is 17.1 Å². The zero-order valence-corrected chi connectivity index (χ0v) is 14.2. The predicted molar refractivity (Wildman–Crippen MR) is 93.5 cm³/mol. The second kappa shape index (κ2) is 9.86. The first-order valence-electron chi connectivity index (χ1n) is 7.25. The first-order valence-corrected chi connectivity index (χ1v) is 8.50. The van der Waals surface area contributed by atoms with Gasteiger partial charge >= 0.3 is 0 Å². The second-order valence-corrected chi connectivity index (χ2v) is 6.74. The summed E-state index contributed by atoms with van der Waals surface area (Å²) in [6.45, 7) is 8.08. The molecule has 0 aliphatic rings. The Kier molecular flexibility index (Phi) is 8.48. The standard InChI is InChI=1S/C18H23ClOS/c1-4-15(18(19)20)10-11-16(14(2)3)12-13-21-17-8-6-5-7-9-17/h4-9,12-16H,1,10-11H2,2-3H3/b13-12+/t15?,16-/m0/s1. The van der Waals surface area contributed by atoms with E-state index in [0.29, 0.717) is 11.8 Å². The van der Waals surface area contributed by atoms with Gasteiger partial charge in [-0.05, 0) is 53.8 Å². The van der Waals surface area contributed by atoms with Crippen LogP contribution in [-0.2, 0) is 4.79 Å². The highest BCUT2D eigenvalue weighted by atomic mass is 35.5. The molecular formula is C18H23ClOS. The second-order valence-electron chi connectivity index (χ2n) is 5.39. The van der Waals surface area contributed by atoms with Gasteiger partial charge in [-0.2, -0.15) is 0 Å². The summed E-state index contributed by atoms with van der Waals surface area (Å²) in [5.74, 6) is 0.747. The van der Waals surface area contributed by atoms with Gasteiger partial charge in [0.25, 0.3) is 0 Å². The van der Waals surface area contributed by atoms with Crippen molar-refractivity contribution in [1.82, 2.24) is 0 Å². The fourth-order valence-corrected chi connectivity index (χ4v) is 3.02. The molecule has 1 nitrogen and oxygen atoms in total. The van der Waals surface area contributed by atoms with E-state index in [1.807, 2.05) is 18.2 Å². The first-order chi connectivity index (χ1) is 10.0. The van der Waals surface area contributed by atoms with Gasteiger partial charge in [0.15, 0.2) is 0 Å².